The molecule has 4 bridgehead atoms. The van der Waals surface area contributed by atoms with Gasteiger partial charge in [-0.15, -0.1) is 0 Å². The van der Waals surface area contributed by atoms with Crippen LogP contribution >= 0.6 is 0 Å². The summed E-state index contributed by atoms with van der Waals surface area (Å²) in [5.74, 6) is 7.49. The van der Waals surface area contributed by atoms with E-state index in [9.17, 15) is 0 Å². The number of rotatable bonds is 4. The van der Waals surface area contributed by atoms with E-state index in [4.69, 9.17) is 18.0 Å². The molecule has 4 nitrogen and oxygen atoms in total. The van der Waals surface area contributed by atoms with Crippen LogP contribution in [-0.2, 0) is 18.0 Å². The molecule has 0 aromatic rings. The topological polar surface area (TPSA) is 40.2 Å². The van der Waals surface area contributed by atoms with Crippen LogP contribution in [0.15, 0.2) is 0 Å². The van der Waals surface area contributed by atoms with Crippen LogP contribution in [0, 0.1) is 47.3 Å². The van der Waals surface area contributed by atoms with Gasteiger partial charge in [-0.05, 0) is 73.0 Å². The van der Waals surface area contributed by atoms with Gasteiger partial charge < -0.3 is 18.0 Å². The first-order chi connectivity index (χ1) is 11.2. The maximum absolute atomic E-state index is 5.92. The predicted molar refractivity (Wildman–Crippen MR) is 85.6 cm³/mol. The van der Waals surface area contributed by atoms with Crippen molar-refractivity contribution in [3.8, 4) is 0 Å². The molecule has 0 aromatic heterocycles. The Balaban J connectivity index is 1.33. The number of hydrogen-bond acceptors (Lipinski definition) is 4. The summed E-state index contributed by atoms with van der Waals surface area (Å²) in [6, 6.07) is 0. The third-order valence-electron chi connectivity index (χ3n) is 9.02. The molecule has 1 heterocycles. The molecule has 6 fully saturated rings. The summed E-state index contributed by atoms with van der Waals surface area (Å²) in [4.78, 5) is 0. The lowest BCUT2D eigenvalue weighted by molar-refractivity contribution is 0.0208. The van der Waals surface area contributed by atoms with E-state index in [1.165, 1.54) is 25.7 Å². The molecule has 0 aromatic carbocycles. The van der Waals surface area contributed by atoms with Crippen molar-refractivity contribution < 1.29 is 18.0 Å². The van der Waals surface area contributed by atoms with Gasteiger partial charge in [0.25, 0.3) is 0 Å². The average molecular weight is 337 g/mol. The Morgan fingerprint density at radius 1 is 0.739 bits per heavy atom. The average Bonchev–Trinajstić information content (AvgIpc) is 3.08. The van der Waals surface area contributed by atoms with Crippen LogP contribution < -0.4 is 0 Å². The van der Waals surface area contributed by atoms with Crippen molar-refractivity contribution in [3.63, 3.8) is 0 Å². The molecule has 0 N–H and O–H groups in total. The molecule has 0 spiro atoms. The molecule has 6 aliphatic rings. The molecular formula is C18H28O4Si. The van der Waals surface area contributed by atoms with Gasteiger partial charge in [-0.3, -0.25) is 0 Å². The fourth-order valence-corrected chi connectivity index (χ4v) is 11.6. The zero-order valence-electron chi connectivity index (χ0n) is 14.3. The van der Waals surface area contributed by atoms with E-state index >= 15 is 0 Å². The van der Waals surface area contributed by atoms with Gasteiger partial charge in [-0.25, -0.2) is 0 Å². The molecule has 5 saturated carbocycles. The van der Waals surface area contributed by atoms with E-state index in [-0.39, 0.29) is 0 Å². The van der Waals surface area contributed by atoms with Crippen LogP contribution in [0.2, 0.25) is 5.54 Å². The summed E-state index contributed by atoms with van der Waals surface area (Å²) < 4.78 is 23.6. The molecule has 5 heteroatoms. The standard InChI is InChI=1S/C18H28O4Si/c1-19-23(20-2,21-3)14-5-8-4-11(14)16-9-6-12(15(8)16)17-10(9)7-13-18(17)22-13/h8-18H,4-7H2,1-3H3. The molecule has 11 unspecified atom stereocenters. The second-order valence-corrected chi connectivity index (χ2v) is 12.2. The van der Waals surface area contributed by atoms with Gasteiger partial charge in [0, 0.05) is 26.9 Å². The highest BCUT2D eigenvalue weighted by molar-refractivity contribution is 6.62. The summed E-state index contributed by atoms with van der Waals surface area (Å²) in [6.45, 7) is 0. The molecule has 11 atom stereocenters. The van der Waals surface area contributed by atoms with Crippen molar-refractivity contribution in [3.05, 3.63) is 0 Å². The Bertz CT molecular complexity index is 529. The quantitative estimate of drug-likeness (QED) is 0.449. The first kappa shape index (κ1) is 14.2. The van der Waals surface area contributed by atoms with E-state index in [2.05, 4.69) is 0 Å². The zero-order chi connectivity index (χ0) is 15.5. The van der Waals surface area contributed by atoms with Crippen LogP contribution in [0.1, 0.15) is 25.7 Å². The lowest BCUT2D eigenvalue weighted by Gasteiger charge is -2.46. The molecule has 1 aliphatic heterocycles. The molecule has 0 radical (unpaired) electrons. The van der Waals surface area contributed by atoms with Crippen LogP contribution in [0.3, 0.4) is 0 Å². The van der Waals surface area contributed by atoms with E-state index in [1.807, 2.05) is 0 Å². The van der Waals surface area contributed by atoms with Crippen LogP contribution in [0.25, 0.3) is 0 Å². The summed E-state index contributed by atoms with van der Waals surface area (Å²) in [7, 11) is 2.89. The zero-order valence-corrected chi connectivity index (χ0v) is 15.3. The van der Waals surface area contributed by atoms with E-state index in [0.717, 1.165) is 47.3 Å². The van der Waals surface area contributed by atoms with Crippen molar-refractivity contribution >= 4 is 8.80 Å². The van der Waals surface area contributed by atoms with Crippen LogP contribution in [0.4, 0.5) is 0 Å². The smallest absolute Gasteiger partial charge is 0.377 e. The van der Waals surface area contributed by atoms with Gasteiger partial charge >= 0.3 is 8.80 Å². The van der Waals surface area contributed by atoms with Crippen LogP contribution in [0.5, 0.6) is 0 Å². The first-order valence-corrected chi connectivity index (χ1v) is 11.3. The highest BCUT2D eigenvalue weighted by Gasteiger charge is 2.75. The minimum Gasteiger partial charge on any atom is -0.377 e. The van der Waals surface area contributed by atoms with Gasteiger partial charge in [0.05, 0.1) is 12.2 Å². The van der Waals surface area contributed by atoms with Gasteiger partial charge in [0.2, 0.25) is 0 Å². The van der Waals surface area contributed by atoms with Crippen molar-refractivity contribution in [2.45, 2.75) is 43.4 Å². The van der Waals surface area contributed by atoms with Crippen LogP contribution in [-0.4, -0.2) is 42.3 Å². The highest BCUT2D eigenvalue weighted by atomic mass is 28.4. The number of hydrogen-bond donors (Lipinski definition) is 0. The largest absolute Gasteiger partial charge is 0.503 e. The van der Waals surface area contributed by atoms with Gasteiger partial charge in [0.15, 0.2) is 0 Å². The van der Waals surface area contributed by atoms with Gasteiger partial charge in [0.1, 0.15) is 0 Å². The fourth-order valence-electron chi connectivity index (χ4n) is 8.68. The Labute approximate surface area is 139 Å². The van der Waals surface area contributed by atoms with Crippen molar-refractivity contribution in [2.24, 2.45) is 47.3 Å². The molecule has 128 valence electrons. The van der Waals surface area contributed by atoms with E-state index in [0.29, 0.717) is 17.7 Å². The molecule has 6 rings (SSSR count). The molecule has 23 heavy (non-hydrogen) atoms. The number of epoxide rings is 1. The molecule has 5 aliphatic carbocycles. The number of fused-ring (bicyclic) bond motifs is 14. The summed E-state index contributed by atoms with van der Waals surface area (Å²) in [5, 5.41) is 0. The summed E-state index contributed by atoms with van der Waals surface area (Å²) >= 11 is 0. The lowest BCUT2D eigenvalue weighted by Crippen LogP contribution is -2.52. The maximum atomic E-state index is 5.92. The third kappa shape index (κ3) is 1.49. The SMILES string of the molecule is CO[Si](OC)(OC)C1CC2CC1C1C3CC(C4C3CC3OC34)C21. The minimum absolute atomic E-state index is 0.540. The second-order valence-electron chi connectivity index (χ2n) is 9.05. The molecular weight excluding hydrogens is 308 g/mol. The normalized spacial score (nSPS) is 60.9. The maximum Gasteiger partial charge on any atom is 0.503 e. The summed E-state index contributed by atoms with van der Waals surface area (Å²) in [6.07, 6.45) is 6.86. The van der Waals surface area contributed by atoms with Gasteiger partial charge in [-0.2, -0.15) is 0 Å². The number of ether oxygens (including phenoxy) is 1. The van der Waals surface area contributed by atoms with Crippen molar-refractivity contribution in [1.82, 2.24) is 0 Å². The highest BCUT2D eigenvalue weighted by Crippen LogP contribution is 2.77. The van der Waals surface area contributed by atoms with Crippen molar-refractivity contribution in [1.29, 1.82) is 0 Å². The third-order valence-corrected chi connectivity index (χ3v) is 12.3. The van der Waals surface area contributed by atoms with Gasteiger partial charge in [-0.1, -0.05) is 0 Å². The summed E-state index contributed by atoms with van der Waals surface area (Å²) in [5.41, 5.74) is 0.540. The second kappa shape index (κ2) is 4.42. The molecule has 0 amide bonds. The molecule has 1 saturated heterocycles. The van der Waals surface area contributed by atoms with E-state index < -0.39 is 8.80 Å². The minimum atomic E-state index is -2.49. The van der Waals surface area contributed by atoms with E-state index in [1.54, 1.807) is 21.3 Å². The lowest BCUT2D eigenvalue weighted by atomic mass is 9.64. The Morgan fingerprint density at radius 2 is 1.48 bits per heavy atom. The monoisotopic (exact) mass is 336 g/mol. The Hall–Kier alpha value is 0.0569. The Morgan fingerprint density at radius 3 is 2.22 bits per heavy atom. The first-order valence-electron chi connectivity index (χ1n) is 9.53. The predicted octanol–water partition coefficient (Wildman–Crippen LogP) is 2.56. The van der Waals surface area contributed by atoms with Crippen molar-refractivity contribution in [2.75, 3.05) is 21.3 Å². The fraction of sp³-hybridized carbons (Fsp3) is 1.00. The Kier molecular flexibility index (Phi) is 2.74.